The molecule has 4 nitrogen and oxygen atoms in total. The first-order chi connectivity index (χ1) is 8.82. The third-order valence-corrected chi connectivity index (χ3v) is 4.91. The monoisotopic (exact) mass is 276 g/mol. The van der Waals surface area contributed by atoms with E-state index in [-0.39, 0.29) is 15.5 Å². The number of hydrogen-bond acceptors (Lipinski definition) is 4. The lowest BCUT2D eigenvalue weighted by atomic mass is 10.1. The molecule has 0 saturated heterocycles. The van der Waals surface area contributed by atoms with Gasteiger partial charge < -0.3 is 11.5 Å². The van der Waals surface area contributed by atoms with E-state index in [1.54, 1.807) is 18.2 Å². The van der Waals surface area contributed by atoms with Crippen LogP contribution < -0.4 is 11.5 Å². The fraction of sp³-hybridized carbons (Fsp3) is 0.143. The summed E-state index contributed by atoms with van der Waals surface area (Å²) in [7, 11) is -3.55. The third-order valence-electron chi connectivity index (χ3n) is 3.16. The molecule has 0 bridgehead atoms. The highest BCUT2D eigenvalue weighted by Gasteiger charge is 2.18. The van der Waals surface area contributed by atoms with Gasteiger partial charge in [-0.2, -0.15) is 0 Å². The van der Waals surface area contributed by atoms with Crippen molar-refractivity contribution in [2.75, 3.05) is 11.5 Å². The fourth-order valence-corrected chi connectivity index (χ4v) is 3.12. The lowest BCUT2D eigenvalue weighted by molar-refractivity contribution is 0.596. The van der Waals surface area contributed by atoms with Gasteiger partial charge in [-0.1, -0.05) is 6.07 Å². The maximum absolute atomic E-state index is 12.5. The molecule has 100 valence electrons. The van der Waals surface area contributed by atoms with Crippen molar-refractivity contribution in [2.24, 2.45) is 0 Å². The third kappa shape index (κ3) is 2.42. The smallest absolute Gasteiger partial charge is 0.206 e. The van der Waals surface area contributed by atoms with Gasteiger partial charge in [0.1, 0.15) is 0 Å². The van der Waals surface area contributed by atoms with Crippen LogP contribution in [0.1, 0.15) is 11.1 Å². The minimum Gasteiger partial charge on any atom is -0.397 e. The molecule has 0 fully saturated rings. The molecule has 0 radical (unpaired) electrons. The van der Waals surface area contributed by atoms with Gasteiger partial charge >= 0.3 is 0 Å². The van der Waals surface area contributed by atoms with E-state index >= 15 is 0 Å². The number of sulfone groups is 1. The SMILES string of the molecule is Cc1ccc(S(=O)(=O)c2ccc(N)c(N)c2)cc1C. The zero-order valence-electron chi connectivity index (χ0n) is 10.8. The molecule has 0 spiro atoms. The summed E-state index contributed by atoms with van der Waals surface area (Å²) in [6.45, 7) is 3.82. The van der Waals surface area contributed by atoms with Gasteiger partial charge in [-0.05, 0) is 55.3 Å². The summed E-state index contributed by atoms with van der Waals surface area (Å²) < 4.78 is 24.9. The van der Waals surface area contributed by atoms with Gasteiger partial charge in [0.25, 0.3) is 0 Å². The van der Waals surface area contributed by atoms with Gasteiger partial charge in [-0.3, -0.25) is 0 Å². The molecule has 0 aliphatic carbocycles. The highest BCUT2D eigenvalue weighted by atomic mass is 32.2. The molecule has 2 aromatic carbocycles. The second-order valence-electron chi connectivity index (χ2n) is 4.54. The fourth-order valence-electron chi connectivity index (χ4n) is 1.74. The van der Waals surface area contributed by atoms with Gasteiger partial charge in [0.15, 0.2) is 0 Å². The van der Waals surface area contributed by atoms with Crippen LogP contribution in [0.4, 0.5) is 11.4 Å². The summed E-state index contributed by atoms with van der Waals surface area (Å²) in [5.41, 5.74) is 13.9. The average molecular weight is 276 g/mol. The van der Waals surface area contributed by atoms with Crippen LogP contribution in [0, 0.1) is 13.8 Å². The van der Waals surface area contributed by atoms with Crippen molar-refractivity contribution in [2.45, 2.75) is 23.6 Å². The molecule has 0 aromatic heterocycles. The number of rotatable bonds is 2. The first-order valence-electron chi connectivity index (χ1n) is 5.79. The Balaban J connectivity index is 2.58. The number of benzene rings is 2. The highest BCUT2D eigenvalue weighted by molar-refractivity contribution is 7.91. The van der Waals surface area contributed by atoms with Crippen molar-refractivity contribution < 1.29 is 8.42 Å². The van der Waals surface area contributed by atoms with E-state index in [9.17, 15) is 8.42 Å². The number of nitrogens with two attached hydrogens (primary N) is 2. The van der Waals surface area contributed by atoms with Crippen molar-refractivity contribution in [3.8, 4) is 0 Å². The molecule has 2 rings (SSSR count). The van der Waals surface area contributed by atoms with Crippen LogP contribution in [0.25, 0.3) is 0 Å². The Bertz CT molecular complexity index is 680. The molecule has 0 saturated carbocycles. The van der Waals surface area contributed by atoms with Crippen LogP contribution in [0.2, 0.25) is 0 Å². The number of nitrogen functional groups attached to an aromatic ring is 2. The van der Waals surface area contributed by atoms with E-state index in [1.165, 1.54) is 18.2 Å². The standard InChI is InChI=1S/C14H16N2O2S/c1-9-3-4-11(7-10(9)2)19(17,18)12-5-6-13(15)14(16)8-12/h3-8H,15-16H2,1-2H3. The van der Waals surface area contributed by atoms with Crippen molar-refractivity contribution in [3.05, 3.63) is 47.5 Å². The van der Waals surface area contributed by atoms with Gasteiger partial charge in [0, 0.05) is 0 Å². The number of anilines is 2. The molecule has 0 amide bonds. The van der Waals surface area contributed by atoms with E-state index in [2.05, 4.69) is 0 Å². The summed E-state index contributed by atoms with van der Waals surface area (Å²) in [4.78, 5) is 0.419. The molecular weight excluding hydrogens is 260 g/mol. The second-order valence-corrected chi connectivity index (χ2v) is 6.49. The number of hydrogen-bond donors (Lipinski definition) is 2. The van der Waals surface area contributed by atoms with Gasteiger partial charge in [-0.25, -0.2) is 8.42 Å². The summed E-state index contributed by atoms with van der Waals surface area (Å²) in [5, 5.41) is 0. The lowest BCUT2D eigenvalue weighted by Gasteiger charge is -2.08. The Kier molecular flexibility index (Phi) is 3.24. The average Bonchev–Trinajstić information content (AvgIpc) is 2.35. The zero-order valence-corrected chi connectivity index (χ0v) is 11.7. The normalized spacial score (nSPS) is 11.5. The molecule has 19 heavy (non-hydrogen) atoms. The minimum atomic E-state index is -3.55. The largest absolute Gasteiger partial charge is 0.397 e. The van der Waals surface area contributed by atoms with E-state index in [1.807, 2.05) is 13.8 Å². The first-order valence-corrected chi connectivity index (χ1v) is 7.28. The molecule has 0 heterocycles. The van der Waals surface area contributed by atoms with Crippen LogP contribution in [-0.4, -0.2) is 8.42 Å². The van der Waals surface area contributed by atoms with E-state index in [4.69, 9.17) is 11.5 Å². The van der Waals surface area contributed by atoms with Crippen LogP contribution in [0.15, 0.2) is 46.2 Å². The van der Waals surface area contributed by atoms with Crippen molar-refractivity contribution >= 4 is 21.2 Å². The molecule has 0 unspecified atom stereocenters. The maximum atomic E-state index is 12.5. The summed E-state index contributed by atoms with van der Waals surface area (Å²) in [6, 6.07) is 9.42. The second kappa shape index (κ2) is 4.59. The molecule has 0 aliphatic rings. The van der Waals surface area contributed by atoms with Crippen LogP contribution in [-0.2, 0) is 9.84 Å². The summed E-state index contributed by atoms with van der Waals surface area (Å²) in [5.74, 6) is 0. The Morgan fingerprint density at radius 3 is 1.95 bits per heavy atom. The molecule has 2 aromatic rings. The molecule has 0 atom stereocenters. The Labute approximate surface area is 113 Å². The van der Waals surface area contributed by atoms with E-state index in [0.717, 1.165) is 11.1 Å². The van der Waals surface area contributed by atoms with Crippen molar-refractivity contribution in [1.82, 2.24) is 0 Å². The summed E-state index contributed by atoms with van der Waals surface area (Å²) >= 11 is 0. The first kappa shape index (κ1) is 13.4. The Hall–Kier alpha value is -2.01. The van der Waals surface area contributed by atoms with E-state index < -0.39 is 9.84 Å². The van der Waals surface area contributed by atoms with Gasteiger partial charge in [0.05, 0.1) is 21.2 Å². The predicted molar refractivity (Wildman–Crippen MR) is 76.6 cm³/mol. The Morgan fingerprint density at radius 2 is 1.37 bits per heavy atom. The summed E-state index contributed by atoms with van der Waals surface area (Å²) in [6.07, 6.45) is 0. The minimum absolute atomic E-state index is 0.155. The topological polar surface area (TPSA) is 86.2 Å². The van der Waals surface area contributed by atoms with Gasteiger partial charge in [-0.15, -0.1) is 0 Å². The predicted octanol–water partition coefficient (Wildman–Crippen LogP) is 2.30. The molecular formula is C14H16N2O2S. The van der Waals surface area contributed by atoms with Crippen LogP contribution >= 0.6 is 0 Å². The lowest BCUT2D eigenvalue weighted by Crippen LogP contribution is -2.04. The van der Waals surface area contributed by atoms with Crippen LogP contribution in [0.3, 0.4) is 0 Å². The Morgan fingerprint density at radius 1 is 0.789 bits per heavy atom. The van der Waals surface area contributed by atoms with Crippen LogP contribution in [0.5, 0.6) is 0 Å². The van der Waals surface area contributed by atoms with Crippen molar-refractivity contribution in [3.63, 3.8) is 0 Å². The molecule has 4 N–H and O–H groups in total. The van der Waals surface area contributed by atoms with Gasteiger partial charge in [0.2, 0.25) is 9.84 Å². The van der Waals surface area contributed by atoms with E-state index in [0.29, 0.717) is 5.69 Å². The number of aryl methyl sites for hydroxylation is 2. The maximum Gasteiger partial charge on any atom is 0.206 e. The zero-order chi connectivity index (χ0) is 14.2. The molecule has 0 aliphatic heterocycles. The quantitative estimate of drug-likeness (QED) is 0.824. The molecule has 5 heteroatoms. The highest BCUT2D eigenvalue weighted by Crippen LogP contribution is 2.26. The van der Waals surface area contributed by atoms with Crippen molar-refractivity contribution in [1.29, 1.82) is 0 Å².